The number of amides is 1. The quantitative estimate of drug-likeness (QED) is 0.740. The summed E-state index contributed by atoms with van der Waals surface area (Å²) in [5.41, 5.74) is 2.34. The van der Waals surface area contributed by atoms with Crippen LogP contribution < -0.4 is 4.74 Å². The minimum Gasteiger partial charge on any atom is -0.487 e. The number of hydrogen-bond donors (Lipinski definition) is 1. The van der Waals surface area contributed by atoms with Crippen molar-refractivity contribution >= 4 is 11.6 Å². The number of ether oxygens (including phenoxy) is 1. The lowest BCUT2D eigenvalue weighted by Gasteiger charge is -2.33. The molecule has 1 unspecified atom stereocenters. The molecule has 0 bridgehead atoms. The zero-order valence-corrected chi connectivity index (χ0v) is 16.0. The molecule has 1 aliphatic heterocycles. The number of piperidine rings is 1. The van der Waals surface area contributed by atoms with Crippen LogP contribution in [0.1, 0.15) is 35.8 Å². The van der Waals surface area contributed by atoms with Crippen molar-refractivity contribution < 1.29 is 14.6 Å². The molecule has 6 heteroatoms. The van der Waals surface area contributed by atoms with Crippen molar-refractivity contribution in [3.8, 4) is 5.75 Å². The minimum absolute atomic E-state index is 0.0159. The van der Waals surface area contributed by atoms with Gasteiger partial charge in [0.25, 0.3) is 5.91 Å². The first-order chi connectivity index (χ1) is 13.6. The maximum absolute atomic E-state index is 12.8. The first-order valence-corrected chi connectivity index (χ1v) is 9.73. The van der Waals surface area contributed by atoms with Crippen molar-refractivity contribution in [1.82, 2.24) is 14.3 Å². The highest BCUT2D eigenvalue weighted by atomic mass is 16.5. The Balaban J connectivity index is 1.39. The number of nitrogens with zero attached hydrogens (tertiary/aromatic N) is 3. The Hall–Kier alpha value is -2.86. The van der Waals surface area contributed by atoms with Gasteiger partial charge in [0.1, 0.15) is 18.0 Å². The number of imidazole rings is 1. The molecule has 0 aliphatic carbocycles. The van der Waals surface area contributed by atoms with Crippen LogP contribution in [0, 0.1) is 5.92 Å². The number of aromatic nitrogens is 2. The van der Waals surface area contributed by atoms with E-state index in [1.807, 2.05) is 65.0 Å². The molecule has 28 heavy (non-hydrogen) atoms. The van der Waals surface area contributed by atoms with Crippen LogP contribution in [-0.4, -0.2) is 44.5 Å². The van der Waals surface area contributed by atoms with Crippen LogP contribution in [-0.2, 0) is 6.61 Å². The summed E-state index contributed by atoms with van der Waals surface area (Å²) in [6.07, 6.45) is 5.26. The van der Waals surface area contributed by atoms with E-state index in [-0.39, 0.29) is 17.9 Å². The van der Waals surface area contributed by atoms with E-state index in [1.165, 1.54) is 0 Å². The van der Waals surface area contributed by atoms with Crippen molar-refractivity contribution in [2.75, 3.05) is 13.1 Å². The van der Waals surface area contributed by atoms with E-state index in [4.69, 9.17) is 4.74 Å². The highest BCUT2D eigenvalue weighted by Gasteiger charge is 2.26. The SMILES string of the molecule is CC(O)C1CCN(C(=O)c2cccc(OCc3cn4ccccc4n3)c2)CC1. The van der Waals surface area contributed by atoms with Crippen LogP contribution in [0.4, 0.5) is 0 Å². The smallest absolute Gasteiger partial charge is 0.253 e. The van der Waals surface area contributed by atoms with E-state index < -0.39 is 0 Å². The number of rotatable bonds is 5. The Bertz CT molecular complexity index is 925. The molecular formula is C22H25N3O3. The summed E-state index contributed by atoms with van der Waals surface area (Å²) in [6.45, 7) is 3.53. The summed E-state index contributed by atoms with van der Waals surface area (Å²) < 4.78 is 7.82. The largest absolute Gasteiger partial charge is 0.487 e. The van der Waals surface area contributed by atoms with Crippen LogP contribution >= 0.6 is 0 Å². The van der Waals surface area contributed by atoms with E-state index in [1.54, 1.807) is 6.07 Å². The number of hydrogen-bond acceptors (Lipinski definition) is 4. The van der Waals surface area contributed by atoms with Gasteiger partial charge in [0, 0.05) is 31.0 Å². The number of likely N-dealkylation sites (tertiary alicyclic amines) is 1. The molecule has 3 aromatic rings. The zero-order chi connectivity index (χ0) is 19.5. The zero-order valence-electron chi connectivity index (χ0n) is 16.0. The number of aliphatic hydroxyl groups excluding tert-OH is 1. The molecule has 1 fully saturated rings. The number of benzene rings is 1. The summed E-state index contributed by atoms with van der Waals surface area (Å²) >= 11 is 0. The van der Waals surface area contributed by atoms with Gasteiger partial charge in [0.15, 0.2) is 0 Å². The third kappa shape index (κ3) is 4.02. The molecule has 1 N–H and O–H groups in total. The van der Waals surface area contributed by atoms with Crippen LogP contribution in [0.5, 0.6) is 5.75 Å². The highest BCUT2D eigenvalue weighted by Crippen LogP contribution is 2.23. The van der Waals surface area contributed by atoms with Gasteiger partial charge in [-0.3, -0.25) is 4.79 Å². The van der Waals surface area contributed by atoms with Crippen molar-refractivity contribution in [1.29, 1.82) is 0 Å². The fraction of sp³-hybridized carbons (Fsp3) is 0.364. The minimum atomic E-state index is -0.311. The molecule has 1 saturated heterocycles. The summed E-state index contributed by atoms with van der Waals surface area (Å²) in [5.74, 6) is 0.952. The molecular weight excluding hydrogens is 354 g/mol. The first-order valence-electron chi connectivity index (χ1n) is 9.73. The van der Waals surface area contributed by atoms with Gasteiger partial charge in [-0.25, -0.2) is 4.98 Å². The predicted octanol–water partition coefficient (Wildman–Crippen LogP) is 3.15. The van der Waals surface area contributed by atoms with Crippen LogP contribution in [0.25, 0.3) is 5.65 Å². The lowest BCUT2D eigenvalue weighted by atomic mass is 9.92. The molecule has 1 aliphatic rings. The van der Waals surface area contributed by atoms with Gasteiger partial charge in [-0.05, 0) is 56.0 Å². The highest BCUT2D eigenvalue weighted by molar-refractivity contribution is 5.94. The number of fused-ring (bicyclic) bond motifs is 1. The summed E-state index contributed by atoms with van der Waals surface area (Å²) in [6, 6.07) is 13.2. The fourth-order valence-electron chi connectivity index (χ4n) is 3.70. The summed E-state index contributed by atoms with van der Waals surface area (Å²) in [5, 5.41) is 9.73. The van der Waals surface area contributed by atoms with Gasteiger partial charge in [-0.1, -0.05) is 12.1 Å². The third-order valence-corrected chi connectivity index (χ3v) is 5.39. The third-order valence-electron chi connectivity index (χ3n) is 5.39. The van der Waals surface area contributed by atoms with E-state index >= 15 is 0 Å². The van der Waals surface area contributed by atoms with E-state index in [0.29, 0.717) is 31.0 Å². The van der Waals surface area contributed by atoms with E-state index in [9.17, 15) is 9.90 Å². The molecule has 1 atom stereocenters. The Morgan fingerprint density at radius 1 is 1.25 bits per heavy atom. The Morgan fingerprint density at radius 2 is 2.07 bits per heavy atom. The normalized spacial score (nSPS) is 16.3. The number of pyridine rings is 1. The Labute approximate surface area is 164 Å². The first kappa shape index (κ1) is 18.5. The lowest BCUT2D eigenvalue weighted by molar-refractivity contribution is 0.0521. The fourth-order valence-corrected chi connectivity index (χ4v) is 3.70. The maximum atomic E-state index is 12.8. The summed E-state index contributed by atoms with van der Waals surface area (Å²) in [4.78, 5) is 19.2. The monoisotopic (exact) mass is 379 g/mol. The van der Waals surface area contributed by atoms with Gasteiger partial charge < -0.3 is 19.1 Å². The number of carbonyl (C=O) groups excluding carboxylic acids is 1. The molecule has 1 aromatic carbocycles. The maximum Gasteiger partial charge on any atom is 0.253 e. The molecule has 4 rings (SSSR count). The molecule has 146 valence electrons. The van der Waals surface area contributed by atoms with Crippen molar-refractivity contribution in [2.24, 2.45) is 5.92 Å². The molecule has 0 radical (unpaired) electrons. The van der Waals surface area contributed by atoms with Gasteiger partial charge in [0.05, 0.1) is 11.8 Å². The standard InChI is InChI=1S/C22H25N3O3/c1-16(26)17-8-11-24(12-9-17)22(27)18-5-4-6-20(13-18)28-15-19-14-25-10-3-2-7-21(25)23-19/h2-7,10,13-14,16-17,26H,8-9,11-12,15H2,1H3. The van der Waals surface area contributed by atoms with Gasteiger partial charge in [-0.2, -0.15) is 0 Å². The lowest BCUT2D eigenvalue weighted by Crippen LogP contribution is -2.40. The second-order valence-electron chi connectivity index (χ2n) is 7.39. The Kier molecular flexibility index (Phi) is 5.30. The molecule has 6 nitrogen and oxygen atoms in total. The number of carbonyl (C=O) groups is 1. The molecule has 1 amide bonds. The second kappa shape index (κ2) is 8.02. The Morgan fingerprint density at radius 3 is 2.82 bits per heavy atom. The van der Waals surface area contributed by atoms with Crippen molar-refractivity contribution in [2.45, 2.75) is 32.5 Å². The van der Waals surface area contributed by atoms with Crippen molar-refractivity contribution in [3.05, 3.63) is 66.1 Å². The van der Waals surface area contributed by atoms with Crippen LogP contribution in [0.15, 0.2) is 54.9 Å². The second-order valence-corrected chi connectivity index (χ2v) is 7.39. The van der Waals surface area contributed by atoms with E-state index in [2.05, 4.69) is 4.98 Å². The van der Waals surface area contributed by atoms with E-state index in [0.717, 1.165) is 24.2 Å². The molecule has 0 spiro atoms. The average molecular weight is 379 g/mol. The summed E-state index contributed by atoms with van der Waals surface area (Å²) in [7, 11) is 0. The average Bonchev–Trinajstić information content (AvgIpc) is 3.15. The molecule has 0 saturated carbocycles. The predicted molar refractivity (Wildman–Crippen MR) is 106 cm³/mol. The topological polar surface area (TPSA) is 67.1 Å². The molecule has 3 heterocycles. The molecule has 2 aromatic heterocycles. The van der Waals surface area contributed by atoms with Gasteiger partial charge in [-0.15, -0.1) is 0 Å². The van der Waals surface area contributed by atoms with Crippen LogP contribution in [0.2, 0.25) is 0 Å². The van der Waals surface area contributed by atoms with Gasteiger partial charge in [0.2, 0.25) is 0 Å². The van der Waals surface area contributed by atoms with Crippen LogP contribution in [0.3, 0.4) is 0 Å². The number of aliphatic hydroxyl groups is 1. The van der Waals surface area contributed by atoms with Gasteiger partial charge >= 0.3 is 0 Å². The van der Waals surface area contributed by atoms with Crippen molar-refractivity contribution in [3.63, 3.8) is 0 Å².